The van der Waals surface area contributed by atoms with Crippen molar-refractivity contribution in [2.45, 2.75) is 32.3 Å². The topological polar surface area (TPSA) is 80.3 Å². The molecule has 2 aromatic heterocycles. The zero-order valence-corrected chi connectivity index (χ0v) is 19.9. The highest BCUT2D eigenvalue weighted by atomic mass is 16.5. The van der Waals surface area contributed by atoms with Gasteiger partial charge < -0.3 is 14.4 Å². The molecule has 7 nitrogen and oxygen atoms in total. The number of carbonyl (C=O) groups is 1. The molecule has 0 saturated carbocycles. The van der Waals surface area contributed by atoms with Gasteiger partial charge in [-0.1, -0.05) is 12.1 Å². The van der Waals surface area contributed by atoms with Gasteiger partial charge in [0.1, 0.15) is 6.61 Å². The van der Waals surface area contributed by atoms with Crippen LogP contribution < -0.4 is 9.47 Å². The van der Waals surface area contributed by atoms with Crippen LogP contribution in [-0.2, 0) is 13.0 Å². The lowest BCUT2D eigenvalue weighted by molar-refractivity contribution is 0.0759. The van der Waals surface area contributed by atoms with Crippen molar-refractivity contribution in [3.63, 3.8) is 0 Å². The summed E-state index contributed by atoms with van der Waals surface area (Å²) < 4.78 is 11.4. The normalized spacial score (nSPS) is 16.1. The summed E-state index contributed by atoms with van der Waals surface area (Å²) in [4.78, 5) is 19.6. The first kappa shape index (κ1) is 22.9. The lowest BCUT2D eigenvalue weighted by Crippen LogP contribution is -2.32. The van der Waals surface area contributed by atoms with Gasteiger partial charge in [-0.05, 0) is 79.6 Å². The van der Waals surface area contributed by atoms with Gasteiger partial charge in [-0.25, -0.2) is 0 Å². The summed E-state index contributed by atoms with van der Waals surface area (Å²) >= 11 is 0. The summed E-state index contributed by atoms with van der Waals surface area (Å²) in [6.07, 6.45) is 7.75. The summed E-state index contributed by atoms with van der Waals surface area (Å²) in [5.41, 5.74) is 3.82. The molecule has 180 valence electrons. The average molecular weight is 471 g/mol. The van der Waals surface area contributed by atoms with Gasteiger partial charge in [-0.3, -0.25) is 14.9 Å². The summed E-state index contributed by atoms with van der Waals surface area (Å²) in [5, 5.41) is 8.27. The molecule has 7 heteroatoms. The van der Waals surface area contributed by atoms with E-state index in [-0.39, 0.29) is 5.91 Å². The standard InChI is InChI=1S/C28H30N4O3/c1-34-26-10-8-22(17-27(26)35-19-24-6-2-3-12-29-24)28(33)32-13-4-5-20(11-14-32)15-21-7-9-25-23(16-21)18-30-31-25/h2-3,6-10,12,16-18,20H,4-5,11,13-15,19H2,1H3,(H,30,31). The highest BCUT2D eigenvalue weighted by Gasteiger charge is 2.23. The molecule has 5 rings (SSSR count). The van der Waals surface area contributed by atoms with Crippen molar-refractivity contribution < 1.29 is 14.3 Å². The van der Waals surface area contributed by atoms with E-state index in [1.54, 1.807) is 25.4 Å². The lowest BCUT2D eigenvalue weighted by Gasteiger charge is -2.21. The summed E-state index contributed by atoms with van der Waals surface area (Å²) in [7, 11) is 1.60. The zero-order valence-electron chi connectivity index (χ0n) is 19.9. The third-order valence-corrected chi connectivity index (χ3v) is 6.68. The van der Waals surface area contributed by atoms with Crippen LogP contribution in [0.15, 0.2) is 67.0 Å². The molecule has 1 unspecified atom stereocenters. The van der Waals surface area contributed by atoms with E-state index in [1.165, 1.54) is 5.56 Å². The van der Waals surface area contributed by atoms with Crippen LogP contribution in [0.5, 0.6) is 11.5 Å². The number of carbonyl (C=O) groups excluding carboxylic acids is 1. The molecule has 3 heterocycles. The molecule has 1 atom stereocenters. The minimum atomic E-state index is 0.0378. The highest BCUT2D eigenvalue weighted by molar-refractivity contribution is 5.95. The van der Waals surface area contributed by atoms with Crippen LogP contribution in [-0.4, -0.2) is 46.2 Å². The minimum absolute atomic E-state index is 0.0378. The molecule has 1 aliphatic heterocycles. The van der Waals surface area contributed by atoms with Gasteiger partial charge in [-0.15, -0.1) is 0 Å². The van der Waals surface area contributed by atoms with Crippen LogP contribution in [0.2, 0.25) is 0 Å². The number of amides is 1. The van der Waals surface area contributed by atoms with Crippen molar-refractivity contribution in [1.29, 1.82) is 0 Å². The number of nitrogens with one attached hydrogen (secondary N) is 1. The number of methoxy groups -OCH3 is 1. The number of aromatic amines is 1. The molecule has 4 aromatic rings. The number of hydrogen-bond acceptors (Lipinski definition) is 5. The van der Waals surface area contributed by atoms with Crippen molar-refractivity contribution in [1.82, 2.24) is 20.1 Å². The monoisotopic (exact) mass is 470 g/mol. The second-order valence-corrected chi connectivity index (χ2v) is 9.06. The second kappa shape index (κ2) is 10.6. The van der Waals surface area contributed by atoms with Crippen LogP contribution >= 0.6 is 0 Å². The number of aromatic nitrogens is 3. The van der Waals surface area contributed by atoms with Crippen LogP contribution in [0.25, 0.3) is 10.9 Å². The number of benzene rings is 2. The fourth-order valence-corrected chi connectivity index (χ4v) is 4.77. The smallest absolute Gasteiger partial charge is 0.253 e. The molecule has 0 spiro atoms. The molecule has 0 bridgehead atoms. The average Bonchev–Trinajstić information content (AvgIpc) is 3.25. The zero-order chi connectivity index (χ0) is 24.0. The number of H-pyrrole nitrogens is 1. The molecule has 35 heavy (non-hydrogen) atoms. The molecule has 1 fully saturated rings. The molecule has 1 amide bonds. The van der Waals surface area contributed by atoms with Crippen molar-refractivity contribution >= 4 is 16.8 Å². The van der Waals surface area contributed by atoms with Crippen LogP contribution in [0.3, 0.4) is 0 Å². The lowest BCUT2D eigenvalue weighted by atomic mass is 9.92. The Hall–Kier alpha value is -3.87. The maximum atomic E-state index is 13.4. The van der Waals surface area contributed by atoms with Gasteiger partial charge in [0.05, 0.1) is 24.5 Å². The Bertz CT molecular complexity index is 1290. The first-order valence-corrected chi connectivity index (χ1v) is 12.1. The second-order valence-electron chi connectivity index (χ2n) is 9.06. The fourth-order valence-electron chi connectivity index (χ4n) is 4.77. The summed E-state index contributed by atoms with van der Waals surface area (Å²) in [5.74, 6) is 1.75. The Labute approximate surface area is 205 Å². The maximum Gasteiger partial charge on any atom is 0.253 e. The number of ether oxygens (including phenoxy) is 2. The molecule has 0 radical (unpaired) electrons. The van der Waals surface area contributed by atoms with Crippen LogP contribution in [0.4, 0.5) is 0 Å². The first-order valence-electron chi connectivity index (χ1n) is 12.1. The van der Waals surface area contributed by atoms with E-state index in [0.29, 0.717) is 29.6 Å². The number of likely N-dealkylation sites (tertiary alicyclic amines) is 1. The Balaban J connectivity index is 1.23. The van der Waals surface area contributed by atoms with Gasteiger partial charge in [0.25, 0.3) is 5.91 Å². The van der Waals surface area contributed by atoms with Gasteiger partial charge in [0, 0.05) is 30.2 Å². The van der Waals surface area contributed by atoms with E-state index in [9.17, 15) is 4.79 Å². The number of fused-ring (bicyclic) bond motifs is 1. The minimum Gasteiger partial charge on any atom is -0.493 e. The quantitative estimate of drug-likeness (QED) is 0.410. The third kappa shape index (κ3) is 5.45. The van der Waals surface area contributed by atoms with E-state index in [1.807, 2.05) is 35.4 Å². The van der Waals surface area contributed by atoms with E-state index < -0.39 is 0 Å². The van der Waals surface area contributed by atoms with Gasteiger partial charge in [-0.2, -0.15) is 5.10 Å². The van der Waals surface area contributed by atoms with Crippen LogP contribution in [0.1, 0.15) is 40.9 Å². The van der Waals surface area contributed by atoms with Gasteiger partial charge >= 0.3 is 0 Å². The van der Waals surface area contributed by atoms with E-state index in [0.717, 1.165) is 55.4 Å². The third-order valence-electron chi connectivity index (χ3n) is 6.68. The summed E-state index contributed by atoms with van der Waals surface area (Å²) in [6.45, 7) is 1.84. The predicted octanol–water partition coefficient (Wildman–Crippen LogP) is 5.03. The molecule has 1 N–H and O–H groups in total. The maximum absolute atomic E-state index is 13.4. The molecular formula is C28H30N4O3. The number of pyridine rings is 1. The number of hydrogen-bond donors (Lipinski definition) is 1. The Morgan fingerprint density at radius 3 is 2.89 bits per heavy atom. The molecular weight excluding hydrogens is 440 g/mol. The van der Waals surface area contributed by atoms with E-state index in [2.05, 4.69) is 33.4 Å². The van der Waals surface area contributed by atoms with Crippen LogP contribution in [0, 0.1) is 5.92 Å². The predicted molar refractivity (Wildman–Crippen MR) is 135 cm³/mol. The fraction of sp³-hybridized carbons (Fsp3) is 0.321. The van der Waals surface area contributed by atoms with Crippen molar-refractivity contribution in [3.8, 4) is 11.5 Å². The van der Waals surface area contributed by atoms with Crippen molar-refractivity contribution in [2.75, 3.05) is 20.2 Å². The van der Waals surface area contributed by atoms with E-state index in [4.69, 9.17) is 9.47 Å². The SMILES string of the molecule is COc1ccc(C(=O)N2CCCC(Cc3ccc4[nH]ncc4c3)CC2)cc1OCc1ccccn1. The Morgan fingerprint density at radius 1 is 1.09 bits per heavy atom. The molecule has 1 aliphatic rings. The van der Waals surface area contributed by atoms with Gasteiger partial charge in [0.2, 0.25) is 0 Å². The molecule has 1 saturated heterocycles. The number of nitrogens with zero attached hydrogens (tertiary/aromatic N) is 3. The summed E-state index contributed by atoms with van der Waals surface area (Å²) in [6, 6.07) is 17.6. The van der Waals surface area contributed by atoms with Crippen molar-refractivity contribution in [2.24, 2.45) is 5.92 Å². The molecule has 0 aliphatic carbocycles. The highest BCUT2D eigenvalue weighted by Crippen LogP contribution is 2.30. The Morgan fingerprint density at radius 2 is 2.03 bits per heavy atom. The number of rotatable bonds is 7. The van der Waals surface area contributed by atoms with Crippen molar-refractivity contribution in [3.05, 3.63) is 83.8 Å². The Kier molecular flexibility index (Phi) is 6.93. The van der Waals surface area contributed by atoms with Gasteiger partial charge in [0.15, 0.2) is 11.5 Å². The largest absolute Gasteiger partial charge is 0.493 e. The molecule has 2 aromatic carbocycles. The first-order chi connectivity index (χ1) is 17.2. The van der Waals surface area contributed by atoms with E-state index >= 15 is 0 Å².